The zero-order valence-electron chi connectivity index (χ0n) is 11.0. The minimum absolute atomic E-state index is 0.158. The number of anilines is 1. The maximum absolute atomic E-state index is 13.6. The first-order valence-electron chi connectivity index (χ1n) is 6.47. The van der Waals surface area contributed by atoms with Gasteiger partial charge < -0.3 is 17.8 Å². The molecule has 2 rings (SSSR count). The lowest BCUT2D eigenvalue weighted by Crippen LogP contribution is -2.48. The Morgan fingerprint density at radius 1 is 1.10 bits per heavy atom. The number of nitrogens with zero attached hydrogens (tertiary/aromatic N) is 2. The number of hydrogen-bond donors (Lipinski definition) is 0. The van der Waals surface area contributed by atoms with Crippen molar-refractivity contribution in [2.75, 3.05) is 37.6 Å². The predicted molar refractivity (Wildman–Crippen MR) is 73.3 cm³/mol. The van der Waals surface area contributed by atoms with Gasteiger partial charge in [0.2, 0.25) is 0 Å². The molecule has 1 aliphatic rings. The van der Waals surface area contributed by atoms with E-state index in [-0.39, 0.29) is 12.4 Å². The van der Waals surface area contributed by atoms with E-state index >= 15 is 0 Å². The number of hydrogen-bond acceptors (Lipinski definition) is 2. The zero-order chi connectivity index (χ0) is 14.8. The van der Waals surface area contributed by atoms with Gasteiger partial charge in [-0.25, -0.2) is 4.39 Å². The van der Waals surface area contributed by atoms with Crippen LogP contribution in [-0.2, 0) is 0 Å². The predicted octanol–water partition coefficient (Wildman–Crippen LogP) is 2.89. The fourth-order valence-corrected chi connectivity index (χ4v) is 2.25. The maximum Gasteiger partial charge on any atom is 0.506 e. The Bertz CT molecular complexity index is 482. The highest BCUT2D eigenvalue weighted by atomic mass is 19.4. The molecule has 1 aromatic rings. The Kier molecular flexibility index (Phi) is 4.37. The molecule has 2 nitrogen and oxygen atoms in total. The van der Waals surface area contributed by atoms with Crippen molar-refractivity contribution >= 4 is 12.7 Å². The molecule has 0 unspecified atom stereocenters. The highest BCUT2D eigenvalue weighted by Gasteiger charge is 2.29. The van der Waals surface area contributed by atoms with Crippen LogP contribution < -0.4 is 4.90 Å². The van der Waals surface area contributed by atoms with Crippen molar-refractivity contribution in [3.8, 4) is 0 Å². The second kappa shape index (κ2) is 5.87. The molecule has 7 heteroatoms. The molecule has 1 heterocycles. The largest absolute Gasteiger partial charge is 0.506 e. The molecule has 0 aliphatic carbocycles. The van der Waals surface area contributed by atoms with Gasteiger partial charge in [0.25, 0.3) is 0 Å². The SMILES string of the molecule is C=C(CN1CCN(c2ccccc2F)CC1)[B-](F)(F)F. The van der Waals surface area contributed by atoms with Crippen molar-refractivity contribution in [1.29, 1.82) is 0 Å². The van der Waals surface area contributed by atoms with Crippen molar-refractivity contribution in [3.05, 3.63) is 42.1 Å². The summed E-state index contributed by atoms with van der Waals surface area (Å²) in [6, 6.07) is 6.43. The Morgan fingerprint density at radius 2 is 1.70 bits per heavy atom. The summed E-state index contributed by atoms with van der Waals surface area (Å²) < 4.78 is 51.0. The first-order chi connectivity index (χ1) is 9.38. The molecule has 20 heavy (non-hydrogen) atoms. The average Bonchev–Trinajstić information content (AvgIpc) is 2.39. The second-order valence-electron chi connectivity index (χ2n) is 4.95. The summed E-state index contributed by atoms with van der Waals surface area (Å²) in [5.41, 5.74) is -0.171. The molecule has 0 aromatic heterocycles. The van der Waals surface area contributed by atoms with E-state index < -0.39 is 12.4 Å². The van der Waals surface area contributed by atoms with Crippen LogP contribution in [0.4, 0.5) is 23.0 Å². The lowest BCUT2D eigenvalue weighted by molar-refractivity contribution is 0.276. The van der Waals surface area contributed by atoms with Crippen molar-refractivity contribution < 1.29 is 17.3 Å². The van der Waals surface area contributed by atoms with E-state index in [4.69, 9.17) is 0 Å². The molecule has 0 amide bonds. The standard InChI is InChI=1S/C13H16BF4N2/c1-11(14(16,17)18)10-19-6-8-20(9-7-19)13-5-3-2-4-12(13)15/h2-5H,1,6-10H2/q-1. The van der Waals surface area contributed by atoms with Gasteiger partial charge >= 0.3 is 6.98 Å². The van der Waals surface area contributed by atoms with Crippen LogP contribution in [-0.4, -0.2) is 44.6 Å². The van der Waals surface area contributed by atoms with Crippen LogP contribution in [0, 0.1) is 5.82 Å². The normalized spacial score (nSPS) is 17.3. The van der Waals surface area contributed by atoms with Crippen LogP contribution in [0.15, 0.2) is 36.3 Å². The fourth-order valence-electron chi connectivity index (χ4n) is 2.25. The van der Waals surface area contributed by atoms with E-state index in [9.17, 15) is 17.3 Å². The summed E-state index contributed by atoms with van der Waals surface area (Å²) >= 11 is 0. The molecule has 0 atom stereocenters. The lowest BCUT2D eigenvalue weighted by Gasteiger charge is -2.37. The van der Waals surface area contributed by atoms with Crippen molar-refractivity contribution in [3.63, 3.8) is 0 Å². The van der Waals surface area contributed by atoms with Crippen LogP contribution in [0.5, 0.6) is 0 Å². The minimum Gasteiger partial charge on any atom is -0.445 e. The molecule has 0 saturated carbocycles. The Hall–Kier alpha value is -1.50. The highest BCUT2D eigenvalue weighted by Crippen LogP contribution is 2.22. The first-order valence-corrected chi connectivity index (χ1v) is 6.47. The average molecular weight is 287 g/mol. The first kappa shape index (κ1) is 14.9. The number of rotatable bonds is 4. The zero-order valence-corrected chi connectivity index (χ0v) is 11.0. The van der Waals surface area contributed by atoms with Crippen molar-refractivity contribution in [1.82, 2.24) is 4.90 Å². The number of para-hydroxylation sites is 1. The third-order valence-corrected chi connectivity index (χ3v) is 3.46. The van der Waals surface area contributed by atoms with Crippen LogP contribution in [0.1, 0.15) is 0 Å². The molecule has 0 spiro atoms. The third kappa shape index (κ3) is 3.53. The van der Waals surface area contributed by atoms with Gasteiger partial charge in [-0.05, 0) is 18.7 Å². The highest BCUT2D eigenvalue weighted by molar-refractivity contribution is 6.66. The van der Waals surface area contributed by atoms with Gasteiger partial charge in [-0.15, -0.1) is 12.1 Å². The molecular formula is C13H16BF4N2-. The Morgan fingerprint density at radius 3 is 2.25 bits per heavy atom. The van der Waals surface area contributed by atoms with Crippen LogP contribution in [0.25, 0.3) is 0 Å². The quantitative estimate of drug-likeness (QED) is 0.620. The topological polar surface area (TPSA) is 6.48 Å². The van der Waals surface area contributed by atoms with Crippen molar-refractivity contribution in [2.45, 2.75) is 0 Å². The van der Waals surface area contributed by atoms with Gasteiger partial charge in [-0.2, -0.15) is 0 Å². The van der Waals surface area contributed by atoms with Gasteiger partial charge in [-0.3, -0.25) is 4.90 Å². The molecule has 1 aliphatic heterocycles. The van der Waals surface area contributed by atoms with Gasteiger partial charge in [0.1, 0.15) is 5.82 Å². The van der Waals surface area contributed by atoms with Crippen LogP contribution >= 0.6 is 0 Å². The van der Waals surface area contributed by atoms with Gasteiger partial charge in [0.05, 0.1) is 5.69 Å². The molecule has 110 valence electrons. The smallest absolute Gasteiger partial charge is 0.445 e. The van der Waals surface area contributed by atoms with E-state index in [0.29, 0.717) is 31.9 Å². The number of benzene rings is 1. The van der Waals surface area contributed by atoms with E-state index in [2.05, 4.69) is 6.58 Å². The van der Waals surface area contributed by atoms with Crippen molar-refractivity contribution in [2.24, 2.45) is 0 Å². The molecule has 0 bridgehead atoms. The summed E-state index contributed by atoms with van der Waals surface area (Å²) in [6.45, 7) is -0.0642. The monoisotopic (exact) mass is 287 g/mol. The second-order valence-corrected chi connectivity index (χ2v) is 4.95. The van der Waals surface area contributed by atoms with E-state index in [0.717, 1.165) is 0 Å². The summed E-state index contributed by atoms with van der Waals surface area (Å²) in [4.78, 5) is 3.56. The summed E-state index contributed by atoms with van der Waals surface area (Å²) in [6.07, 6.45) is 0. The fraction of sp³-hybridized carbons (Fsp3) is 0.385. The molecular weight excluding hydrogens is 271 g/mol. The molecule has 1 saturated heterocycles. The molecule has 1 aromatic carbocycles. The molecule has 1 fully saturated rings. The minimum atomic E-state index is -4.97. The number of piperazine rings is 1. The van der Waals surface area contributed by atoms with E-state index in [1.165, 1.54) is 6.07 Å². The van der Waals surface area contributed by atoms with E-state index in [1.54, 1.807) is 23.1 Å². The number of halogens is 4. The van der Waals surface area contributed by atoms with Gasteiger partial charge in [-0.1, -0.05) is 12.1 Å². The molecule has 0 radical (unpaired) electrons. The van der Waals surface area contributed by atoms with E-state index in [1.807, 2.05) is 4.90 Å². The Balaban J connectivity index is 1.90. The summed E-state index contributed by atoms with van der Waals surface area (Å²) in [5.74, 6) is -0.302. The lowest BCUT2D eigenvalue weighted by atomic mass is 9.80. The third-order valence-electron chi connectivity index (χ3n) is 3.46. The summed E-state index contributed by atoms with van der Waals surface area (Å²) in [5, 5.41) is 0. The maximum atomic E-state index is 13.6. The van der Waals surface area contributed by atoms with Crippen LogP contribution in [0.2, 0.25) is 0 Å². The Labute approximate surface area is 115 Å². The van der Waals surface area contributed by atoms with Crippen LogP contribution in [0.3, 0.4) is 0 Å². The summed E-state index contributed by atoms with van der Waals surface area (Å²) in [7, 11) is 0. The van der Waals surface area contributed by atoms with Gasteiger partial charge in [0.15, 0.2) is 0 Å². The van der Waals surface area contributed by atoms with Gasteiger partial charge in [0, 0.05) is 26.2 Å². The molecule has 0 N–H and O–H groups in total.